The number of thiol groups is 1. The largest absolute Gasteiger partial charge is 0.390 e. The summed E-state index contributed by atoms with van der Waals surface area (Å²) >= 11 is 4.14. The smallest absolute Gasteiger partial charge is 0.221 e. The molecule has 1 saturated heterocycles. The molecule has 0 aromatic heterocycles. The van der Waals surface area contributed by atoms with Crippen molar-refractivity contribution in [2.24, 2.45) is 22.7 Å². The van der Waals surface area contributed by atoms with Crippen molar-refractivity contribution in [3.05, 3.63) is 23.8 Å². The molecule has 4 aliphatic carbocycles. The van der Waals surface area contributed by atoms with Crippen molar-refractivity contribution in [3.63, 3.8) is 0 Å². The number of rotatable bonds is 1. The number of ether oxygens (including phenoxy) is 2. The molecule has 0 aromatic carbocycles. The van der Waals surface area contributed by atoms with Gasteiger partial charge in [-0.15, -0.1) is 12.6 Å². The molecule has 0 bridgehead atoms. The number of ketones is 1. The summed E-state index contributed by atoms with van der Waals surface area (Å²) in [6.45, 7) is 10.8. The van der Waals surface area contributed by atoms with Crippen LogP contribution in [-0.2, 0) is 19.1 Å². The Morgan fingerprint density at radius 1 is 1.18 bits per heavy atom. The third kappa shape index (κ3) is 2.87. The third-order valence-corrected chi connectivity index (χ3v) is 9.27. The number of allylic oxidation sites excluding steroid dienone is 4. The maximum Gasteiger partial charge on any atom is 0.221 e. The zero-order chi connectivity index (χ0) is 24.8. The van der Waals surface area contributed by atoms with Crippen molar-refractivity contribution in [3.8, 4) is 0 Å². The average molecular weight is 485 g/mol. The highest BCUT2D eigenvalue weighted by atomic mass is 32.1. The Morgan fingerprint density at radius 2 is 1.82 bits per heavy atom. The van der Waals surface area contributed by atoms with Gasteiger partial charge in [0.1, 0.15) is 6.17 Å². The Labute approximate surface area is 199 Å². The molecule has 3 saturated carbocycles. The molecular weight excluding hydrogens is 450 g/mol. The fraction of sp³-hybridized carbons (Fsp3) is 0.760. The fourth-order valence-electron chi connectivity index (χ4n) is 7.67. The Balaban J connectivity index is 0.00000126. The van der Waals surface area contributed by atoms with Crippen LogP contribution in [0, 0.1) is 22.7 Å². The molecule has 1 N–H and O–H groups in total. The first kappa shape index (κ1) is 25.0. The highest BCUT2D eigenvalue weighted by Crippen LogP contribution is 2.72. The predicted molar refractivity (Wildman–Crippen MR) is 122 cm³/mol. The molecule has 0 amide bonds. The summed E-state index contributed by atoms with van der Waals surface area (Å²) in [7, 11) is 0. The van der Waals surface area contributed by atoms with Crippen molar-refractivity contribution >= 4 is 23.5 Å². The van der Waals surface area contributed by atoms with Gasteiger partial charge in [-0.25, -0.2) is 8.78 Å². The van der Waals surface area contributed by atoms with Crippen molar-refractivity contribution in [1.29, 1.82) is 0 Å². The van der Waals surface area contributed by atoms with Gasteiger partial charge in [0.05, 0.1) is 12.2 Å². The van der Waals surface area contributed by atoms with Gasteiger partial charge >= 0.3 is 0 Å². The van der Waals surface area contributed by atoms with Crippen LogP contribution >= 0.6 is 12.6 Å². The summed E-state index contributed by atoms with van der Waals surface area (Å²) in [5, 5.41) is 10.8. The Hall–Kier alpha value is -1.09. The van der Waals surface area contributed by atoms with Gasteiger partial charge in [-0.05, 0) is 63.7 Å². The molecule has 5 aliphatic rings. The van der Waals surface area contributed by atoms with Gasteiger partial charge in [-0.2, -0.15) is 0 Å². The van der Waals surface area contributed by atoms with Gasteiger partial charge in [0.25, 0.3) is 0 Å². The normalized spacial score (nSPS) is 51.4. The number of aliphatic hydroxyl groups excluding tert-OH is 1. The highest BCUT2D eigenvalue weighted by molar-refractivity contribution is 7.96. The average Bonchev–Trinajstić information content (AvgIpc) is 3.14. The minimum absolute atomic E-state index is 0.0610. The lowest BCUT2D eigenvalue weighted by molar-refractivity contribution is -0.246. The van der Waals surface area contributed by atoms with Crippen LogP contribution in [0.5, 0.6) is 0 Å². The first-order chi connectivity index (χ1) is 15.2. The highest BCUT2D eigenvalue weighted by Gasteiger charge is 2.80. The minimum atomic E-state index is -2.20. The summed E-state index contributed by atoms with van der Waals surface area (Å²) in [5.41, 5.74) is -6.02. The molecular formula is C25H34F2O5S. The molecule has 9 atom stereocenters. The molecule has 8 heteroatoms. The number of carbonyl (C=O) groups excluding carboxylic acids is 2. The predicted octanol–water partition coefficient (Wildman–Crippen LogP) is 4.29. The van der Waals surface area contributed by atoms with E-state index in [0.29, 0.717) is 6.42 Å². The zero-order valence-corrected chi connectivity index (χ0v) is 20.9. The van der Waals surface area contributed by atoms with E-state index in [1.54, 1.807) is 27.7 Å². The van der Waals surface area contributed by atoms with Crippen LogP contribution < -0.4 is 0 Å². The lowest BCUT2D eigenvalue weighted by Gasteiger charge is -2.63. The van der Waals surface area contributed by atoms with E-state index in [0.717, 1.165) is 0 Å². The summed E-state index contributed by atoms with van der Waals surface area (Å²) in [4.78, 5) is 24.8. The number of alkyl halides is 2. The number of hydrogen-bond acceptors (Lipinski definition) is 5. The third-order valence-electron chi connectivity index (χ3n) is 8.94. The van der Waals surface area contributed by atoms with Gasteiger partial charge in [0, 0.05) is 16.7 Å². The first-order valence-electron chi connectivity index (χ1n) is 11.8. The second kappa shape index (κ2) is 7.45. The van der Waals surface area contributed by atoms with Crippen LogP contribution in [0.4, 0.5) is 8.78 Å². The molecule has 6 unspecified atom stereocenters. The van der Waals surface area contributed by atoms with Gasteiger partial charge < -0.3 is 14.6 Å². The fourth-order valence-corrected chi connectivity index (χ4v) is 8.12. The van der Waals surface area contributed by atoms with E-state index in [1.807, 2.05) is 13.8 Å². The Kier molecular flexibility index (Phi) is 5.65. The Morgan fingerprint density at radius 3 is 2.42 bits per heavy atom. The number of halogens is 2. The van der Waals surface area contributed by atoms with Crippen LogP contribution in [0.3, 0.4) is 0 Å². The monoisotopic (exact) mass is 484 g/mol. The molecule has 5 nitrogen and oxygen atoms in total. The summed E-state index contributed by atoms with van der Waals surface area (Å²) in [6.07, 6.45) is 0.204. The number of aliphatic hydroxyl groups is 1. The second-order valence-corrected chi connectivity index (χ2v) is 11.2. The van der Waals surface area contributed by atoms with Gasteiger partial charge in [0.15, 0.2) is 22.8 Å². The molecule has 1 heterocycles. The van der Waals surface area contributed by atoms with Crippen molar-refractivity contribution < 1.29 is 33.0 Å². The standard InChI is InChI=1S/C23H28F2O5S.C2H6/c1-19(2)29-17-9-12-13-8-15(24)14-7-11(26)5-6-20(14,3)22(13,25)16(27)10-21(12,4)23(17,30-19)18(28)31;1-2/h5-7,12-13,15-17,27H,8-10H2,1-4H3,(H,28,31);1-2H3/t12?,13?,15-,16?,17+,20?,21?,22-,23?;/m0./s1. The van der Waals surface area contributed by atoms with Crippen LogP contribution in [0.1, 0.15) is 60.8 Å². The maximum atomic E-state index is 17.1. The maximum absolute atomic E-state index is 17.1. The minimum Gasteiger partial charge on any atom is -0.390 e. The number of fused-ring (bicyclic) bond motifs is 7. The SMILES string of the molecule is CC.CC1(C)O[C@@H]2CC3C4C[C@H](F)C5=CC(=O)C=CC5(C)[C@@]4(F)C(O)CC3(C)C2(C(=O)S)O1. The van der Waals surface area contributed by atoms with Crippen molar-refractivity contribution in [2.45, 2.75) is 96.2 Å². The van der Waals surface area contributed by atoms with E-state index in [2.05, 4.69) is 12.6 Å². The van der Waals surface area contributed by atoms with E-state index in [-0.39, 0.29) is 24.2 Å². The number of hydrogen-bond donors (Lipinski definition) is 2. The Bertz CT molecular complexity index is 949. The summed E-state index contributed by atoms with van der Waals surface area (Å²) in [5.74, 6) is -2.77. The molecule has 4 fully saturated rings. The zero-order valence-electron chi connectivity index (χ0n) is 20.0. The van der Waals surface area contributed by atoms with E-state index >= 15 is 8.78 Å². The lowest BCUT2D eigenvalue weighted by Crippen LogP contribution is -2.70. The quantitative estimate of drug-likeness (QED) is 0.544. The van der Waals surface area contributed by atoms with Crippen LogP contribution in [-0.4, -0.2) is 51.4 Å². The summed E-state index contributed by atoms with van der Waals surface area (Å²) < 4.78 is 44.7. The molecule has 5 rings (SSSR count). The lowest BCUT2D eigenvalue weighted by atomic mass is 9.44. The van der Waals surface area contributed by atoms with Crippen LogP contribution in [0.25, 0.3) is 0 Å². The van der Waals surface area contributed by atoms with E-state index in [1.165, 1.54) is 18.2 Å². The number of carbonyl (C=O) groups is 2. The summed E-state index contributed by atoms with van der Waals surface area (Å²) in [6, 6.07) is 0. The molecule has 184 valence electrons. The molecule has 0 spiro atoms. The molecule has 0 aromatic rings. The van der Waals surface area contributed by atoms with Crippen molar-refractivity contribution in [1.82, 2.24) is 0 Å². The molecule has 1 aliphatic heterocycles. The first-order valence-corrected chi connectivity index (χ1v) is 12.3. The molecule has 33 heavy (non-hydrogen) atoms. The second-order valence-electron chi connectivity index (χ2n) is 10.7. The van der Waals surface area contributed by atoms with Crippen LogP contribution in [0.15, 0.2) is 23.8 Å². The van der Waals surface area contributed by atoms with Crippen LogP contribution in [0.2, 0.25) is 0 Å². The van der Waals surface area contributed by atoms with Gasteiger partial charge in [-0.1, -0.05) is 26.8 Å². The van der Waals surface area contributed by atoms with Gasteiger partial charge in [0.2, 0.25) is 5.12 Å². The topological polar surface area (TPSA) is 72.8 Å². The van der Waals surface area contributed by atoms with E-state index in [9.17, 15) is 14.7 Å². The van der Waals surface area contributed by atoms with E-state index in [4.69, 9.17) is 9.47 Å². The molecule has 0 radical (unpaired) electrons. The van der Waals surface area contributed by atoms with Crippen molar-refractivity contribution in [2.75, 3.05) is 0 Å². The van der Waals surface area contributed by atoms with Gasteiger partial charge in [-0.3, -0.25) is 9.59 Å². The van der Waals surface area contributed by atoms with E-state index < -0.39 is 63.2 Å².